The van der Waals surface area contributed by atoms with Crippen molar-refractivity contribution >= 4 is 39.2 Å². The molecule has 0 aliphatic carbocycles. The second-order valence-electron chi connectivity index (χ2n) is 4.80. The number of amides is 2. The van der Waals surface area contributed by atoms with E-state index >= 15 is 0 Å². The first-order valence-electron chi connectivity index (χ1n) is 6.97. The topological polar surface area (TPSA) is 66.7 Å². The number of carbonyl (C=O) groups is 1. The van der Waals surface area contributed by atoms with E-state index < -0.39 is 0 Å². The van der Waals surface area contributed by atoms with E-state index in [1.807, 2.05) is 24.3 Å². The number of benzene rings is 1. The van der Waals surface area contributed by atoms with Gasteiger partial charge >= 0.3 is 6.03 Å². The molecular weight excluding hydrogens is 350 g/mol. The van der Waals surface area contributed by atoms with Crippen LogP contribution in [0.15, 0.2) is 45.5 Å². The summed E-state index contributed by atoms with van der Waals surface area (Å²) in [6, 6.07) is 10.8. The van der Waals surface area contributed by atoms with Crippen molar-refractivity contribution in [2.45, 2.75) is 0 Å². The fraction of sp³-hybridized carbons (Fsp3) is 0.267. The van der Waals surface area contributed by atoms with Crippen molar-refractivity contribution < 1.29 is 13.9 Å². The summed E-state index contributed by atoms with van der Waals surface area (Å²) in [6.45, 7) is 3.01. The maximum Gasteiger partial charge on any atom is 0.326 e. The number of ether oxygens (including phenoxy) is 1. The Morgan fingerprint density at radius 1 is 1.09 bits per heavy atom. The average molecular weight is 366 g/mol. The first-order chi connectivity index (χ1) is 10.7. The number of furan rings is 1. The van der Waals surface area contributed by atoms with E-state index in [-0.39, 0.29) is 6.03 Å². The SMILES string of the molecule is O=C(Nc1ccc(Br)o1)Nc1ccccc1N1CCOCC1. The van der Waals surface area contributed by atoms with Crippen LogP contribution in [0.1, 0.15) is 0 Å². The fourth-order valence-corrected chi connectivity index (χ4v) is 2.61. The summed E-state index contributed by atoms with van der Waals surface area (Å²) in [5.74, 6) is 0.383. The van der Waals surface area contributed by atoms with E-state index in [0.717, 1.165) is 24.5 Å². The van der Waals surface area contributed by atoms with Gasteiger partial charge in [0, 0.05) is 19.2 Å². The van der Waals surface area contributed by atoms with Crippen molar-refractivity contribution in [2.24, 2.45) is 0 Å². The van der Waals surface area contributed by atoms with Crippen LogP contribution in [-0.2, 0) is 4.74 Å². The number of urea groups is 1. The largest absolute Gasteiger partial charge is 0.434 e. The highest BCUT2D eigenvalue weighted by Gasteiger charge is 2.16. The number of nitrogens with zero attached hydrogens (tertiary/aromatic N) is 1. The van der Waals surface area contributed by atoms with Crippen LogP contribution in [0.5, 0.6) is 0 Å². The molecule has 1 saturated heterocycles. The quantitative estimate of drug-likeness (QED) is 0.872. The number of halogens is 1. The van der Waals surface area contributed by atoms with Crippen LogP contribution in [0.25, 0.3) is 0 Å². The van der Waals surface area contributed by atoms with E-state index in [1.54, 1.807) is 12.1 Å². The average Bonchev–Trinajstić information content (AvgIpc) is 2.93. The Balaban J connectivity index is 1.70. The lowest BCUT2D eigenvalue weighted by atomic mass is 10.2. The molecule has 2 N–H and O–H groups in total. The molecule has 1 fully saturated rings. The van der Waals surface area contributed by atoms with Crippen LogP contribution >= 0.6 is 15.9 Å². The third kappa shape index (κ3) is 3.61. The number of anilines is 3. The molecule has 0 radical (unpaired) electrons. The normalized spacial score (nSPS) is 14.7. The highest BCUT2D eigenvalue weighted by molar-refractivity contribution is 9.10. The third-order valence-electron chi connectivity index (χ3n) is 3.31. The lowest BCUT2D eigenvalue weighted by Crippen LogP contribution is -2.36. The number of carbonyl (C=O) groups excluding carboxylic acids is 1. The molecule has 1 aromatic carbocycles. The lowest BCUT2D eigenvalue weighted by molar-refractivity contribution is 0.123. The minimum atomic E-state index is -0.345. The van der Waals surface area contributed by atoms with Gasteiger partial charge < -0.3 is 19.4 Å². The van der Waals surface area contributed by atoms with Crippen LogP contribution in [0.2, 0.25) is 0 Å². The second-order valence-corrected chi connectivity index (χ2v) is 5.58. The molecule has 0 unspecified atom stereocenters. The number of hydrogen-bond acceptors (Lipinski definition) is 4. The first-order valence-corrected chi connectivity index (χ1v) is 7.77. The molecule has 0 spiro atoms. The van der Waals surface area contributed by atoms with Gasteiger partial charge in [0.1, 0.15) is 0 Å². The molecule has 1 aromatic heterocycles. The molecule has 2 amide bonds. The second kappa shape index (κ2) is 6.85. The van der Waals surface area contributed by atoms with Crippen LogP contribution in [-0.4, -0.2) is 32.3 Å². The number of hydrogen-bond donors (Lipinski definition) is 2. The minimum Gasteiger partial charge on any atom is -0.434 e. The zero-order valence-electron chi connectivity index (χ0n) is 11.8. The molecule has 2 heterocycles. The van der Waals surface area contributed by atoms with Crippen molar-refractivity contribution in [2.75, 3.05) is 41.8 Å². The highest BCUT2D eigenvalue weighted by atomic mass is 79.9. The Morgan fingerprint density at radius 3 is 2.59 bits per heavy atom. The monoisotopic (exact) mass is 365 g/mol. The van der Waals surface area contributed by atoms with Crippen LogP contribution in [0, 0.1) is 0 Å². The fourth-order valence-electron chi connectivity index (χ4n) is 2.31. The Hall–Kier alpha value is -1.99. The molecule has 1 aliphatic rings. The summed E-state index contributed by atoms with van der Waals surface area (Å²) in [5.41, 5.74) is 1.74. The van der Waals surface area contributed by atoms with Crippen molar-refractivity contribution in [3.63, 3.8) is 0 Å². The van der Waals surface area contributed by atoms with E-state index in [2.05, 4.69) is 31.5 Å². The zero-order chi connectivity index (χ0) is 15.4. The van der Waals surface area contributed by atoms with Gasteiger partial charge in [-0.25, -0.2) is 4.79 Å². The summed E-state index contributed by atoms with van der Waals surface area (Å²) in [5, 5.41) is 5.51. The molecule has 0 bridgehead atoms. The Labute approximate surface area is 136 Å². The number of para-hydroxylation sites is 2. The summed E-state index contributed by atoms with van der Waals surface area (Å²) in [4.78, 5) is 14.3. The molecule has 22 heavy (non-hydrogen) atoms. The molecule has 116 valence electrons. The minimum absolute atomic E-state index is 0.345. The standard InChI is InChI=1S/C15H16BrN3O3/c16-13-5-6-14(22-13)18-15(20)17-11-3-1-2-4-12(11)19-7-9-21-10-8-19/h1-6H,7-10H2,(H2,17,18,20). The van der Waals surface area contributed by atoms with Crippen LogP contribution < -0.4 is 15.5 Å². The van der Waals surface area contributed by atoms with Gasteiger partial charge in [0.05, 0.1) is 24.6 Å². The molecule has 0 atom stereocenters. The van der Waals surface area contributed by atoms with Crippen molar-refractivity contribution in [3.8, 4) is 0 Å². The zero-order valence-corrected chi connectivity index (χ0v) is 13.4. The number of morpholine rings is 1. The first kappa shape index (κ1) is 14.9. The number of nitrogens with one attached hydrogen (secondary N) is 2. The molecule has 2 aromatic rings. The van der Waals surface area contributed by atoms with Crippen LogP contribution in [0.3, 0.4) is 0 Å². The lowest BCUT2D eigenvalue weighted by Gasteiger charge is -2.30. The predicted molar refractivity (Wildman–Crippen MR) is 88.5 cm³/mol. The van der Waals surface area contributed by atoms with Crippen molar-refractivity contribution in [1.82, 2.24) is 0 Å². The molecule has 7 heteroatoms. The van der Waals surface area contributed by atoms with Crippen molar-refractivity contribution in [3.05, 3.63) is 41.1 Å². The summed E-state index contributed by atoms with van der Waals surface area (Å²) < 4.78 is 11.2. The van der Waals surface area contributed by atoms with Gasteiger partial charge in [-0.15, -0.1) is 0 Å². The highest BCUT2D eigenvalue weighted by Crippen LogP contribution is 2.26. The van der Waals surface area contributed by atoms with E-state index in [1.165, 1.54) is 0 Å². The predicted octanol–water partition coefficient (Wildman–Crippen LogP) is 3.52. The molecule has 1 aliphatic heterocycles. The number of rotatable bonds is 3. The van der Waals surface area contributed by atoms with Gasteiger partial charge in [-0.2, -0.15) is 0 Å². The van der Waals surface area contributed by atoms with E-state index in [4.69, 9.17) is 9.15 Å². The molecular formula is C15H16BrN3O3. The summed E-state index contributed by atoms with van der Waals surface area (Å²) in [7, 11) is 0. The molecule has 6 nitrogen and oxygen atoms in total. The van der Waals surface area contributed by atoms with Gasteiger partial charge in [0.2, 0.25) is 5.88 Å². The van der Waals surface area contributed by atoms with Gasteiger partial charge in [0.25, 0.3) is 0 Å². The maximum absolute atomic E-state index is 12.1. The molecule has 0 saturated carbocycles. The summed E-state index contributed by atoms with van der Waals surface area (Å²) >= 11 is 3.20. The smallest absolute Gasteiger partial charge is 0.326 e. The summed E-state index contributed by atoms with van der Waals surface area (Å²) in [6.07, 6.45) is 0. The maximum atomic E-state index is 12.1. The van der Waals surface area contributed by atoms with Gasteiger partial charge in [0.15, 0.2) is 4.67 Å². The van der Waals surface area contributed by atoms with Crippen molar-refractivity contribution in [1.29, 1.82) is 0 Å². The Bertz CT molecular complexity index is 653. The van der Waals surface area contributed by atoms with Gasteiger partial charge in [-0.3, -0.25) is 5.32 Å². The Morgan fingerprint density at radius 2 is 1.86 bits per heavy atom. The van der Waals surface area contributed by atoms with Crippen LogP contribution in [0.4, 0.5) is 22.1 Å². The molecule has 3 rings (SSSR count). The van der Waals surface area contributed by atoms with E-state index in [9.17, 15) is 4.79 Å². The van der Waals surface area contributed by atoms with Gasteiger partial charge in [-0.1, -0.05) is 12.1 Å². The van der Waals surface area contributed by atoms with Gasteiger partial charge in [-0.05, 0) is 34.1 Å². The third-order valence-corrected chi connectivity index (χ3v) is 3.74. The Kier molecular flexibility index (Phi) is 4.65. The van der Waals surface area contributed by atoms with E-state index in [0.29, 0.717) is 23.8 Å².